The lowest BCUT2D eigenvalue weighted by Gasteiger charge is -1.95. The number of carboxylic acid groups (broad SMARTS) is 1. The molecular formula is C12H7FN4O3S. The van der Waals surface area contributed by atoms with Gasteiger partial charge in [0.15, 0.2) is 0 Å². The van der Waals surface area contributed by atoms with Gasteiger partial charge in [-0.1, -0.05) is 0 Å². The molecule has 0 amide bonds. The first-order valence-electron chi connectivity index (χ1n) is 5.69. The number of nitrogens with one attached hydrogen (secondary N) is 1. The van der Waals surface area contributed by atoms with Crippen LogP contribution in [0.25, 0.3) is 16.4 Å². The van der Waals surface area contributed by atoms with Crippen molar-refractivity contribution in [1.82, 2.24) is 19.7 Å². The molecule has 3 rings (SSSR count). The Kier molecular flexibility index (Phi) is 3.10. The van der Waals surface area contributed by atoms with Gasteiger partial charge in [-0.15, -0.1) is 16.4 Å². The largest absolute Gasteiger partial charge is 0.475 e. The topological polar surface area (TPSA) is 101 Å². The highest BCUT2D eigenvalue weighted by Crippen LogP contribution is 2.23. The van der Waals surface area contributed by atoms with Crippen molar-refractivity contribution in [3.8, 4) is 16.4 Å². The van der Waals surface area contributed by atoms with Gasteiger partial charge in [0.2, 0.25) is 11.0 Å². The molecular weight excluding hydrogens is 299 g/mol. The molecule has 9 heteroatoms. The molecule has 0 fully saturated rings. The standard InChI is InChI=1S/C12H7FN4O3S/c13-7-3-1-6(2-4-7)8-5-21-12(14-8)17-11(20)15-9(16-17)10(18)19/h1-5H,(H,18,19)(H,15,16,20). The van der Waals surface area contributed by atoms with Crippen molar-refractivity contribution < 1.29 is 14.3 Å². The number of hydrogen-bond donors (Lipinski definition) is 2. The van der Waals surface area contributed by atoms with E-state index in [0.29, 0.717) is 11.3 Å². The molecule has 2 heterocycles. The van der Waals surface area contributed by atoms with Crippen LogP contribution in [0.5, 0.6) is 0 Å². The van der Waals surface area contributed by atoms with Crippen LogP contribution < -0.4 is 5.69 Å². The summed E-state index contributed by atoms with van der Waals surface area (Å²) in [4.78, 5) is 28.7. The first kappa shape index (κ1) is 13.2. The number of benzene rings is 1. The van der Waals surface area contributed by atoms with Gasteiger partial charge in [0.05, 0.1) is 5.69 Å². The van der Waals surface area contributed by atoms with Gasteiger partial charge in [0.25, 0.3) is 0 Å². The maximum atomic E-state index is 12.9. The van der Waals surface area contributed by atoms with E-state index in [1.807, 2.05) is 0 Å². The number of aromatic amines is 1. The molecule has 0 bridgehead atoms. The second-order valence-electron chi connectivity index (χ2n) is 4.02. The second-order valence-corrected chi connectivity index (χ2v) is 4.85. The maximum absolute atomic E-state index is 12.9. The third kappa shape index (κ3) is 2.46. The zero-order valence-electron chi connectivity index (χ0n) is 10.3. The van der Waals surface area contributed by atoms with E-state index in [1.54, 1.807) is 17.5 Å². The van der Waals surface area contributed by atoms with Gasteiger partial charge in [0, 0.05) is 10.9 Å². The fourth-order valence-corrected chi connectivity index (χ4v) is 2.45. The van der Waals surface area contributed by atoms with E-state index in [0.717, 1.165) is 16.0 Å². The molecule has 0 saturated carbocycles. The highest BCUT2D eigenvalue weighted by molar-refractivity contribution is 7.12. The molecule has 0 spiro atoms. The highest BCUT2D eigenvalue weighted by Gasteiger charge is 2.15. The van der Waals surface area contributed by atoms with Crippen LogP contribution in [0.3, 0.4) is 0 Å². The molecule has 0 radical (unpaired) electrons. The zero-order chi connectivity index (χ0) is 15.0. The van der Waals surface area contributed by atoms with Crippen molar-refractivity contribution in [3.63, 3.8) is 0 Å². The summed E-state index contributed by atoms with van der Waals surface area (Å²) in [6.45, 7) is 0. The molecule has 0 saturated heterocycles. The Balaban J connectivity index is 2.00. The average molecular weight is 306 g/mol. The fourth-order valence-electron chi connectivity index (χ4n) is 1.67. The van der Waals surface area contributed by atoms with Gasteiger partial charge >= 0.3 is 11.7 Å². The van der Waals surface area contributed by atoms with Crippen molar-refractivity contribution in [2.75, 3.05) is 0 Å². The van der Waals surface area contributed by atoms with Gasteiger partial charge in [-0.05, 0) is 24.3 Å². The van der Waals surface area contributed by atoms with Crippen LogP contribution in [-0.4, -0.2) is 30.8 Å². The lowest BCUT2D eigenvalue weighted by atomic mass is 10.2. The molecule has 0 aliphatic rings. The highest BCUT2D eigenvalue weighted by atomic mass is 32.1. The van der Waals surface area contributed by atoms with Gasteiger partial charge in [0.1, 0.15) is 5.82 Å². The van der Waals surface area contributed by atoms with Crippen LogP contribution >= 0.6 is 11.3 Å². The number of thiazole rings is 1. The predicted molar refractivity (Wildman–Crippen MR) is 72.2 cm³/mol. The number of rotatable bonds is 3. The molecule has 7 nitrogen and oxygen atoms in total. The van der Waals surface area contributed by atoms with Crippen LogP contribution in [0.4, 0.5) is 4.39 Å². The summed E-state index contributed by atoms with van der Waals surface area (Å²) in [7, 11) is 0. The van der Waals surface area contributed by atoms with Crippen LogP contribution in [-0.2, 0) is 0 Å². The van der Waals surface area contributed by atoms with E-state index < -0.39 is 17.5 Å². The second kappa shape index (κ2) is 4.94. The van der Waals surface area contributed by atoms with Crippen molar-refractivity contribution in [2.45, 2.75) is 0 Å². The molecule has 3 aromatic rings. The van der Waals surface area contributed by atoms with Gasteiger partial charge in [-0.2, -0.15) is 4.68 Å². The van der Waals surface area contributed by atoms with Crippen molar-refractivity contribution >= 4 is 17.3 Å². The molecule has 2 aromatic heterocycles. The predicted octanol–water partition coefficient (Wildman–Crippen LogP) is 1.52. The van der Waals surface area contributed by atoms with E-state index >= 15 is 0 Å². The summed E-state index contributed by atoms with van der Waals surface area (Å²) in [5.41, 5.74) is 0.537. The number of hydrogen-bond acceptors (Lipinski definition) is 5. The summed E-state index contributed by atoms with van der Waals surface area (Å²) in [5, 5.41) is 14.3. The van der Waals surface area contributed by atoms with Crippen LogP contribution in [0.1, 0.15) is 10.6 Å². The third-order valence-corrected chi connectivity index (χ3v) is 3.45. The SMILES string of the molecule is O=C(O)c1nn(-c2nc(-c3ccc(F)cc3)cs2)c(=O)[nH]1. The molecule has 2 N–H and O–H groups in total. The maximum Gasteiger partial charge on any atom is 0.373 e. The van der Waals surface area contributed by atoms with E-state index in [9.17, 15) is 14.0 Å². The number of carbonyl (C=O) groups is 1. The number of halogens is 1. The average Bonchev–Trinajstić information content (AvgIpc) is 3.06. The van der Waals surface area contributed by atoms with E-state index in [2.05, 4.69) is 15.1 Å². The summed E-state index contributed by atoms with van der Waals surface area (Å²) in [5.74, 6) is -2.15. The number of aromatic carboxylic acids is 1. The van der Waals surface area contributed by atoms with Crippen molar-refractivity contribution in [2.24, 2.45) is 0 Å². The molecule has 0 aliphatic carbocycles. The molecule has 0 aliphatic heterocycles. The number of nitrogens with zero attached hydrogens (tertiary/aromatic N) is 3. The Morgan fingerprint density at radius 3 is 2.67 bits per heavy atom. The van der Waals surface area contributed by atoms with E-state index in [1.165, 1.54) is 12.1 Å². The summed E-state index contributed by atoms with van der Waals surface area (Å²) >= 11 is 1.12. The number of aromatic nitrogens is 4. The van der Waals surface area contributed by atoms with Gasteiger partial charge < -0.3 is 5.11 Å². The van der Waals surface area contributed by atoms with Crippen molar-refractivity contribution in [3.05, 3.63) is 51.8 Å². The van der Waals surface area contributed by atoms with E-state index in [4.69, 9.17) is 5.11 Å². The first-order valence-corrected chi connectivity index (χ1v) is 6.57. The minimum atomic E-state index is -1.33. The van der Waals surface area contributed by atoms with E-state index in [-0.39, 0.29) is 10.9 Å². The Morgan fingerprint density at radius 2 is 2.05 bits per heavy atom. The monoisotopic (exact) mass is 306 g/mol. The molecule has 21 heavy (non-hydrogen) atoms. The Morgan fingerprint density at radius 1 is 1.33 bits per heavy atom. The van der Waals surface area contributed by atoms with Crippen LogP contribution in [0.2, 0.25) is 0 Å². The third-order valence-electron chi connectivity index (χ3n) is 2.63. The van der Waals surface area contributed by atoms with Gasteiger partial charge in [-0.25, -0.2) is 19.0 Å². The lowest BCUT2D eigenvalue weighted by Crippen LogP contribution is -2.15. The first-order chi connectivity index (χ1) is 10.0. The minimum absolute atomic E-state index is 0.225. The fraction of sp³-hybridized carbons (Fsp3) is 0. The molecule has 1 aromatic carbocycles. The Hall–Kier alpha value is -2.81. The van der Waals surface area contributed by atoms with Crippen LogP contribution in [0, 0.1) is 5.82 Å². The number of H-pyrrole nitrogens is 1. The smallest absolute Gasteiger partial charge is 0.373 e. The summed E-state index contributed by atoms with van der Waals surface area (Å²) in [6, 6.07) is 5.73. The quantitative estimate of drug-likeness (QED) is 0.764. The minimum Gasteiger partial charge on any atom is -0.475 e. The molecule has 0 atom stereocenters. The van der Waals surface area contributed by atoms with Crippen LogP contribution in [0.15, 0.2) is 34.4 Å². The number of carboxylic acids is 1. The molecule has 106 valence electrons. The summed E-state index contributed by atoms with van der Waals surface area (Å²) < 4.78 is 13.7. The molecule has 0 unspecified atom stereocenters. The Labute approximate surface area is 120 Å². The summed E-state index contributed by atoms with van der Waals surface area (Å²) in [6.07, 6.45) is 0. The lowest BCUT2D eigenvalue weighted by molar-refractivity contribution is 0.0683. The van der Waals surface area contributed by atoms with Gasteiger partial charge in [-0.3, -0.25) is 4.98 Å². The Bertz CT molecular complexity index is 865. The zero-order valence-corrected chi connectivity index (χ0v) is 11.1. The van der Waals surface area contributed by atoms with Crippen molar-refractivity contribution in [1.29, 1.82) is 0 Å². The normalized spacial score (nSPS) is 10.7.